The van der Waals surface area contributed by atoms with Gasteiger partial charge in [0, 0.05) is 11.0 Å². The second-order valence-corrected chi connectivity index (χ2v) is 7.85. The summed E-state index contributed by atoms with van der Waals surface area (Å²) in [7, 11) is -3.35. The van der Waals surface area contributed by atoms with Crippen molar-refractivity contribution < 1.29 is 8.42 Å². The number of thiophene rings is 1. The zero-order valence-electron chi connectivity index (χ0n) is 9.28. The molecule has 2 heterocycles. The molecule has 1 aromatic heterocycles. The van der Waals surface area contributed by atoms with Crippen LogP contribution in [-0.2, 0) is 10.0 Å². The van der Waals surface area contributed by atoms with E-state index in [1.807, 2.05) is 0 Å². The molecule has 1 unspecified atom stereocenters. The van der Waals surface area contributed by atoms with E-state index in [2.05, 4.69) is 26.0 Å². The van der Waals surface area contributed by atoms with E-state index >= 15 is 0 Å². The molecular weight excluding hydrogens is 324 g/mol. The Morgan fingerprint density at radius 3 is 3.00 bits per heavy atom. The highest BCUT2D eigenvalue weighted by Crippen LogP contribution is 2.27. The van der Waals surface area contributed by atoms with E-state index in [9.17, 15) is 8.42 Å². The zero-order chi connectivity index (χ0) is 12.3. The van der Waals surface area contributed by atoms with Gasteiger partial charge in [0.05, 0.1) is 0 Å². The van der Waals surface area contributed by atoms with Crippen LogP contribution in [0.3, 0.4) is 0 Å². The Morgan fingerprint density at radius 2 is 2.41 bits per heavy atom. The maximum absolute atomic E-state index is 12.0. The lowest BCUT2D eigenvalue weighted by Gasteiger charge is -2.22. The van der Waals surface area contributed by atoms with Gasteiger partial charge in [0.15, 0.2) is 0 Å². The van der Waals surface area contributed by atoms with Gasteiger partial charge in [-0.2, -0.15) is 0 Å². The summed E-state index contributed by atoms with van der Waals surface area (Å²) < 4.78 is 27.7. The summed E-state index contributed by atoms with van der Waals surface area (Å²) in [6.07, 6.45) is 2.20. The standard InChI is InChI=1S/C10H15BrN2O2S2/c11-9-3-5-16-10(9)17(14,15)13-7-8-2-1-4-12-6-8/h3,5,8,12-13H,1-2,4,6-7H2. The molecule has 0 aliphatic carbocycles. The largest absolute Gasteiger partial charge is 0.316 e. The van der Waals surface area contributed by atoms with E-state index in [0.717, 1.165) is 25.9 Å². The molecule has 0 aromatic carbocycles. The third kappa shape index (κ3) is 3.51. The van der Waals surface area contributed by atoms with Crippen LogP contribution in [0.15, 0.2) is 20.1 Å². The van der Waals surface area contributed by atoms with Crippen LogP contribution in [0, 0.1) is 5.92 Å². The van der Waals surface area contributed by atoms with Gasteiger partial charge >= 0.3 is 0 Å². The van der Waals surface area contributed by atoms with E-state index in [1.54, 1.807) is 11.4 Å². The summed E-state index contributed by atoms with van der Waals surface area (Å²) >= 11 is 4.48. The fourth-order valence-corrected chi connectivity index (χ4v) is 5.36. The van der Waals surface area contributed by atoms with Crippen LogP contribution in [-0.4, -0.2) is 28.1 Å². The molecule has 1 aromatic rings. The highest BCUT2D eigenvalue weighted by atomic mass is 79.9. The summed E-state index contributed by atoms with van der Waals surface area (Å²) in [6, 6.07) is 1.75. The monoisotopic (exact) mass is 338 g/mol. The molecule has 0 bridgehead atoms. The molecule has 0 saturated carbocycles. The molecule has 2 N–H and O–H groups in total. The van der Waals surface area contributed by atoms with Crippen molar-refractivity contribution >= 4 is 37.3 Å². The first kappa shape index (κ1) is 13.5. The molecule has 17 heavy (non-hydrogen) atoms. The Hall–Kier alpha value is 0.0500. The molecule has 0 radical (unpaired) electrons. The average molecular weight is 339 g/mol. The number of sulfonamides is 1. The topological polar surface area (TPSA) is 58.2 Å². The predicted molar refractivity (Wildman–Crippen MR) is 72.8 cm³/mol. The third-order valence-corrected chi connectivity index (χ3v) is 6.88. The van der Waals surface area contributed by atoms with Crippen molar-refractivity contribution in [1.82, 2.24) is 10.0 Å². The van der Waals surface area contributed by atoms with Gasteiger partial charge in [-0.25, -0.2) is 13.1 Å². The Bertz CT molecular complexity index is 466. The van der Waals surface area contributed by atoms with Gasteiger partial charge in [0.2, 0.25) is 0 Å². The Kier molecular flexibility index (Phi) is 4.59. The van der Waals surface area contributed by atoms with Gasteiger partial charge in [0.1, 0.15) is 4.21 Å². The van der Waals surface area contributed by atoms with Crippen molar-refractivity contribution in [1.29, 1.82) is 0 Å². The summed E-state index contributed by atoms with van der Waals surface area (Å²) in [6.45, 7) is 2.45. The molecule has 0 amide bonds. The summed E-state index contributed by atoms with van der Waals surface area (Å²) in [4.78, 5) is 0. The van der Waals surface area contributed by atoms with Crippen LogP contribution in [0.5, 0.6) is 0 Å². The van der Waals surface area contributed by atoms with Crippen LogP contribution < -0.4 is 10.0 Å². The molecular formula is C10H15BrN2O2S2. The highest BCUT2D eigenvalue weighted by Gasteiger charge is 2.21. The van der Waals surface area contributed by atoms with Gasteiger partial charge in [-0.1, -0.05) is 0 Å². The summed E-state index contributed by atoms with van der Waals surface area (Å²) in [5.41, 5.74) is 0. The highest BCUT2D eigenvalue weighted by molar-refractivity contribution is 9.10. The van der Waals surface area contributed by atoms with Crippen LogP contribution in [0.4, 0.5) is 0 Å². The van der Waals surface area contributed by atoms with Crippen LogP contribution >= 0.6 is 27.3 Å². The minimum absolute atomic E-state index is 0.362. The van der Waals surface area contributed by atoms with Gasteiger partial charge in [-0.3, -0.25) is 0 Å². The molecule has 0 spiro atoms. The zero-order valence-corrected chi connectivity index (χ0v) is 12.5. The number of nitrogens with one attached hydrogen (secondary N) is 2. The van der Waals surface area contributed by atoms with Crippen LogP contribution in [0.2, 0.25) is 0 Å². The first-order valence-electron chi connectivity index (χ1n) is 5.53. The molecule has 4 nitrogen and oxygen atoms in total. The van der Waals surface area contributed by atoms with E-state index in [-0.39, 0.29) is 0 Å². The molecule has 1 fully saturated rings. The van der Waals surface area contributed by atoms with E-state index in [0.29, 0.717) is 21.1 Å². The van der Waals surface area contributed by atoms with Crippen LogP contribution in [0.1, 0.15) is 12.8 Å². The lowest BCUT2D eigenvalue weighted by Crippen LogP contribution is -2.37. The molecule has 1 aliphatic rings. The third-order valence-electron chi connectivity index (χ3n) is 2.79. The molecule has 7 heteroatoms. The van der Waals surface area contributed by atoms with Crippen molar-refractivity contribution in [2.24, 2.45) is 5.92 Å². The van der Waals surface area contributed by atoms with Gasteiger partial charge < -0.3 is 5.32 Å². The van der Waals surface area contributed by atoms with Crippen molar-refractivity contribution in [2.45, 2.75) is 17.1 Å². The molecule has 1 atom stereocenters. The van der Waals surface area contributed by atoms with Gasteiger partial charge in [-0.05, 0) is 59.2 Å². The lowest BCUT2D eigenvalue weighted by atomic mass is 10.0. The van der Waals surface area contributed by atoms with E-state index in [4.69, 9.17) is 0 Å². The second-order valence-electron chi connectivity index (χ2n) is 4.12. The summed E-state index contributed by atoms with van der Waals surface area (Å²) in [5, 5.41) is 5.04. The minimum atomic E-state index is -3.35. The minimum Gasteiger partial charge on any atom is -0.316 e. The Balaban J connectivity index is 1.96. The SMILES string of the molecule is O=S(=O)(NCC1CCCNC1)c1sccc1Br. The fourth-order valence-electron chi connectivity index (χ4n) is 1.86. The van der Waals surface area contributed by atoms with Crippen molar-refractivity contribution in [3.05, 3.63) is 15.9 Å². The number of rotatable bonds is 4. The summed E-state index contributed by atoms with van der Waals surface area (Å²) in [5.74, 6) is 0.400. The maximum Gasteiger partial charge on any atom is 0.251 e. The maximum atomic E-state index is 12.0. The molecule has 1 aliphatic heterocycles. The Labute approximate surface area is 114 Å². The van der Waals surface area contributed by atoms with Gasteiger partial charge in [0.25, 0.3) is 10.0 Å². The average Bonchev–Trinajstić information content (AvgIpc) is 2.75. The van der Waals surface area contributed by atoms with Gasteiger partial charge in [-0.15, -0.1) is 11.3 Å². The van der Waals surface area contributed by atoms with E-state index < -0.39 is 10.0 Å². The molecule has 1 saturated heterocycles. The number of hydrogen-bond acceptors (Lipinski definition) is 4. The first-order valence-corrected chi connectivity index (χ1v) is 8.68. The smallest absolute Gasteiger partial charge is 0.251 e. The number of piperidine rings is 1. The number of halogens is 1. The number of hydrogen-bond donors (Lipinski definition) is 2. The first-order chi connectivity index (χ1) is 8.09. The van der Waals surface area contributed by atoms with Crippen molar-refractivity contribution in [3.63, 3.8) is 0 Å². The van der Waals surface area contributed by atoms with E-state index in [1.165, 1.54) is 11.3 Å². The Morgan fingerprint density at radius 1 is 1.59 bits per heavy atom. The second kappa shape index (κ2) is 5.79. The predicted octanol–water partition coefficient (Wildman–Crippen LogP) is 1.79. The van der Waals surface area contributed by atoms with Crippen molar-refractivity contribution in [2.75, 3.05) is 19.6 Å². The lowest BCUT2D eigenvalue weighted by molar-refractivity contribution is 0.376. The molecule has 96 valence electrons. The quantitative estimate of drug-likeness (QED) is 0.879. The molecule has 2 rings (SSSR count). The van der Waals surface area contributed by atoms with Crippen LogP contribution in [0.25, 0.3) is 0 Å². The van der Waals surface area contributed by atoms with Crippen molar-refractivity contribution in [3.8, 4) is 0 Å². The fraction of sp³-hybridized carbons (Fsp3) is 0.600. The normalized spacial score (nSPS) is 21.6.